The maximum Gasteiger partial charge on any atom is 1.00 e. The van der Waals surface area contributed by atoms with Crippen LogP contribution in [0.2, 0.25) is 0 Å². The standard InChI is InChI=1S/C4H11NO2S.Na/c1-3-5(4-2)8(6)7;/h3-4H2,1-2H3,(H,6,7);/q;+1. The van der Waals surface area contributed by atoms with Gasteiger partial charge in [0.1, 0.15) is 0 Å². The molecule has 0 aliphatic rings. The minimum Gasteiger partial charge on any atom is -0.294 e. The van der Waals surface area contributed by atoms with Gasteiger partial charge < -0.3 is 0 Å². The summed E-state index contributed by atoms with van der Waals surface area (Å²) in [6.07, 6.45) is 0. The Balaban J connectivity index is 0. The van der Waals surface area contributed by atoms with E-state index in [1.807, 2.05) is 13.8 Å². The van der Waals surface area contributed by atoms with Crippen molar-refractivity contribution in [2.45, 2.75) is 13.8 Å². The largest absolute Gasteiger partial charge is 1.00 e. The Hall–Kier alpha value is 1.07. The Bertz CT molecular complexity index is 86.6. The summed E-state index contributed by atoms with van der Waals surface area (Å²) >= 11 is -1.77. The van der Waals surface area contributed by atoms with Crippen LogP contribution in [0, 0.1) is 0 Å². The second-order valence-corrected chi connectivity index (χ2v) is 2.32. The fourth-order valence-electron chi connectivity index (χ4n) is 0.444. The van der Waals surface area contributed by atoms with Gasteiger partial charge in [0.25, 0.3) is 0 Å². The minimum absolute atomic E-state index is 0. The first kappa shape index (κ1) is 12.7. The topological polar surface area (TPSA) is 40.5 Å². The zero-order valence-corrected chi connectivity index (χ0v) is 8.94. The van der Waals surface area contributed by atoms with E-state index in [-0.39, 0.29) is 29.6 Å². The number of hydrogen-bond acceptors (Lipinski definition) is 1. The number of rotatable bonds is 3. The van der Waals surface area contributed by atoms with Gasteiger partial charge in [0, 0.05) is 13.1 Å². The van der Waals surface area contributed by atoms with Crippen LogP contribution in [0.1, 0.15) is 13.8 Å². The average Bonchev–Trinajstić information content (AvgIpc) is 1.69. The molecule has 1 N–H and O–H groups in total. The van der Waals surface area contributed by atoms with Crippen LogP contribution < -0.4 is 29.6 Å². The molecule has 0 aromatic heterocycles. The van der Waals surface area contributed by atoms with Gasteiger partial charge >= 0.3 is 29.6 Å². The molecular weight excluding hydrogens is 149 g/mol. The fraction of sp³-hybridized carbons (Fsp3) is 1.00. The molecule has 0 saturated carbocycles. The Morgan fingerprint density at radius 1 is 1.44 bits per heavy atom. The van der Waals surface area contributed by atoms with Gasteiger partial charge in [-0.15, -0.1) is 0 Å². The third-order valence-corrected chi connectivity index (χ3v) is 1.88. The van der Waals surface area contributed by atoms with Crippen LogP contribution in [-0.2, 0) is 11.3 Å². The molecule has 5 heteroatoms. The van der Waals surface area contributed by atoms with E-state index in [1.165, 1.54) is 4.31 Å². The van der Waals surface area contributed by atoms with E-state index in [2.05, 4.69) is 0 Å². The van der Waals surface area contributed by atoms with E-state index < -0.39 is 11.3 Å². The van der Waals surface area contributed by atoms with Gasteiger partial charge in [0.15, 0.2) is 0 Å². The van der Waals surface area contributed by atoms with Gasteiger partial charge in [-0.1, -0.05) is 13.8 Å². The second-order valence-electron chi connectivity index (χ2n) is 1.34. The zero-order chi connectivity index (χ0) is 6.57. The van der Waals surface area contributed by atoms with Gasteiger partial charge in [-0.25, -0.2) is 8.51 Å². The van der Waals surface area contributed by atoms with Crippen molar-refractivity contribution >= 4 is 11.3 Å². The fourth-order valence-corrected chi connectivity index (χ4v) is 0.886. The normalized spacial score (nSPS) is 12.9. The summed E-state index contributed by atoms with van der Waals surface area (Å²) in [5, 5.41) is 0. The molecule has 0 spiro atoms. The molecule has 0 aromatic rings. The van der Waals surface area contributed by atoms with E-state index in [4.69, 9.17) is 4.55 Å². The first-order valence-corrected chi connectivity index (χ1v) is 3.64. The van der Waals surface area contributed by atoms with Crippen molar-refractivity contribution in [2.75, 3.05) is 13.1 Å². The molecule has 1 atom stereocenters. The molecule has 0 radical (unpaired) electrons. The monoisotopic (exact) mass is 160 g/mol. The van der Waals surface area contributed by atoms with Crippen molar-refractivity contribution in [3.8, 4) is 0 Å². The molecule has 3 nitrogen and oxygen atoms in total. The van der Waals surface area contributed by atoms with E-state index in [9.17, 15) is 4.21 Å². The minimum atomic E-state index is -1.77. The summed E-state index contributed by atoms with van der Waals surface area (Å²) < 4.78 is 20.1. The van der Waals surface area contributed by atoms with Crippen molar-refractivity contribution in [1.29, 1.82) is 0 Å². The van der Waals surface area contributed by atoms with Gasteiger partial charge in [0.05, 0.1) is 0 Å². The molecule has 0 aromatic carbocycles. The number of hydrogen-bond donors (Lipinski definition) is 1. The molecule has 0 heterocycles. The van der Waals surface area contributed by atoms with Gasteiger partial charge in [-0.3, -0.25) is 4.55 Å². The zero-order valence-electron chi connectivity index (χ0n) is 6.13. The predicted molar refractivity (Wildman–Crippen MR) is 33.7 cm³/mol. The summed E-state index contributed by atoms with van der Waals surface area (Å²) in [4.78, 5) is 0. The molecule has 9 heavy (non-hydrogen) atoms. The van der Waals surface area contributed by atoms with Crippen molar-refractivity contribution in [2.24, 2.45) is 0 Å². The summed E-state index contributed by atoms with van der Waals surface area (Å²) in [5.41, 5.74) is 0. The van der Waals surface area contributed by atoms with Crippen LogP contribution >= 0.6 is 0 Å². The molecule has 0 amide bonds. The van der Waals surface area contributed by atoms with Crippen LogP contribution in [0.15, 0.2) is 0 Å². The van der Waals surface area contributed by atoms with Crippen LogP contribution in [-0.4, -0.2) is 26.2 Å². The van der Waals surface area contributed by atoms with E-state index in [0.717, 1.165) is 0 Å². The van der Waals surface area contributed by atoms with Crippen molar-refractivity contribution in [3.05, 3.63) is 0 Å². The SMILES string of the molecule is CCN(CC)S(=O)O.[Na+]. The molecule has 1 unspecified atom stereocenters. The van der Waals surface area contributed by atoms with Crippen molar-refractivity contribution in [3.63, 3.8) is 0 Å². The third-order valence-electron chi connectivity index (χ3n) is 0.926. The predicted octanol–water partition coefficient (Wildman–Crippen LogP) is -2.53. The first-order valence-electron chi connectivity index (χ1n) is 2.58. The Kier molecular flexibility index (Phi) is 10.1. The Morgan fingerprint density at radius 3 is 1.78 bits per heavy atom. The van der Waals surface area contributed by atoms with Gasteiger partial charge in [0.2, 0.25) is 11.3 Å². The van der Waals surface area contributed by atoms with Crippen LogP contribution in [0.4, 0.5) is 0 Å². The van der Waals surface area contributed by atoms with Crippen molar-refractivity contribution in [1.82, 2.24) is 4.31 Å². The van der Waals surface area contributed by atoms with E-state index in [0.29, 0.717) is 13.1 Å². The third kappa shape index (κ3) is 5.51. The average molecular weight is 160 g/mol. The smallest absolute Gasteiger partial charge is 0.294 e. The molecule has 0 aliphatic heterocycles. The summed E-state index contributed by atoms with van der Waals surface area (Å²) in [7, 11) is 0. The summed E-state index contributed by atoms with van der Waals surface area (Å²) in [6.45, 7) is 4.94. The molecule has 0 rings (SSSR count). The number of nitrogens with zero attached hydrogens (tertiary/aromatic N) is 1. The Labute approximate surface area is 80.5 Å². The summed E-state index contributed by atoms with van der Waals surface area (Å²) in [6, 6.07) is 0. The van der Waals surface area contributed by atoms with Gasteiger partial charge in [-0.05, 0) is 0 Å². The molecule has 50 valence electrons. The molecule has 0 aliphatic carbocycles. The maximum absolute atomic E-state index is 10.2. The maximum atomic E-state index is 10.2. The van der Waals surface area contributed by atoms with Crippen LogP contribution in [0.5, 0.6) is 0 Å². The molecule has 0 saturated heterocycles. The Morgan fingerprint density at radius 2 is 1.78 bits per heavy atom. The molecular formula is C4H11NNaO2S+. The molecule has 0 fully saturated rings. The van der Waals surface area contributed by atoms with Crippen LogP contribution in [0.25, 0.3) is 0 Å². The second kappa shape index (κ2) is 7.18. The quantitative estimate of drug-likeness (QED) is 0.365. The molecule has 0 bridgehead atoms. The van der Waals surface area contributed by atoms with Gasteiger partial charge in [-0.2, -0.15) is 0 Å². The van der Waals surface area contributed by atoms with Crippen molar-refractivity contribution < 1.29 is 38.3 Å². The van der Waals surface area contributed by atoms with Crippen LogP contribution in [0.3, 0.4) is 0 Å². The summed E-state index contributed by atoms with van der Waals surface area (Å²) in [5.74, 6) is 0. The van der Waals surface area contributed by atoms with E-state index in [1.54, 1.807) is 0 Å². The van der Waals surface area contributed by atoms with E-state index >= 15 is 0 Å². The first-order chi connectivity index (χ1) is 3.72.